The number of hydrogen-bond donors (Lipinski definition) is 1. The second kappa shape index (κ2) is 4.47. The lowest BCUT2D eigenvalue weighted by atomic mass is 9.60. The van der Waals surface area contributed by atoms with Gasteiger partial charge in [0.15, 0.2) is 0 Å². The van der Waals surface area contributed by atoms with Gasteiger partial charge in [-0.25, -0.2) is 4.79 Å². The predicted molar refractivity (Wildman–Crippen MR) is 68.5 cm³/mol. The molecule has 3 rings (SSSR count). The van der Waals surface area contributed by atoms with E-state index in [-0.39, 0.29) is 5.41 Å². The Hall–Kier alpha value is -2.05. The first-order chi connectivity index (χ1) is 9.77. The lowest BCUT2D eigenvalue weighted by molar-refractivity contribution is -0.141. The van der Waals surface area contributed by atoms with Crippen LogP contribution in [0.2, 0.25) is 0 Å². The Morgan fingerprint density at radius 1 is 1.33 bits per heavy atom. The molecule has 2 aliphatic rings. The second-order valence-electron chi connectivity index (χ2n) is 5.77. The summed E-state index contributed by atoms with van der Waals surface area (Å²) in [6.45, 7) is 1.09. The molecule has 0 unspecified atom stereocenters. The van der Waals surface area contributed by atoms with Crippen LogP contribution in [0.15, 0.2) is 23.9 Å². The summed E-state index contributed by atoms with van der Waals surface area (Å²) in [4.78, 5) is 15.5. The van der Waals surface area contributed by atoms with Crippen LogP contribution >= 0.6 is 0 Å². The fourth-order valence-corrected chi connectivity index (χ4v) is 3.03. The molecule has 1 spiro atoms. The van der Waals surface area contributed by atoms with Gasteiger partial charge in [0.05, 0.1) is 0 Å². The van der Waals surface area contributed by atoms with Crippen molar-refractivity contribution in [1.29, 1.82) is 0 Å². The molecule has 1 amide bonds. The van der Waals surface area contributed by atoms with Crippen LogP contribution in [0.3, 0.4) is 0 Å². The SMILES string of the molecule is O=C(O)N1CC2(CC(=Cc3ccc(C(F)(F)F)nc3)C2)C1. The first kappa shape index (κ1) is 13.9. The first-order valence-corrected chi connectivity index (χ1v) is 6.48. The normalized spacial score (nSPS) is 20.0. The molecule has 0 aromatic carbocycles. The number of carboxylic acid groups (broad SMARTS) is 1. The van der Waals surface area contributed by atoms with E-state index in [0.29, 0.717) is 18.7 Å². The lowest BCUT2D eigenvalue weighted by Gasteiger charge is -2.55. The number of allylic oxidation sites excluding steroid dienone is 1. The van der Waals surface area contributed by atoms with E-state index in [0.717, 1.165) is 24.5 Å². The molecule has 21 heavy (non-hydrogen) atoms. The van der Waals surface area contributed by atoms with Gasteiger partial charge in [-0.2, -0.15) is 13.2 Å². The molecular formula is C14H13F3N2O2. The van der Waals surface area contributed by atoms with E-state index in [1.54, 1.807) is 0 Å². The molecule has 2 heterocycles. The number of carbonyl (C=O) groups is 1. The maximum Gasteiger partial charge on any atom is 0.433 e. The highest BCUT2D eigenvalue weighted by Gasteiger charge is 2.51. The van der Waals surface area contributed by atoms with Gasteiger partial charge in [0.2, 0.25) is 0 Å². The van der Waals surface area contributed by atoms with Gasteiger partial charge in [0.25, 0.3) is 0 Å². The third-order valence-corrected chi connectivity index (χ3v) is 3.97. The number of alkyl halides is 3. The molecule has 1 aliphatic carbocycles. The number of halogens is 3. The van der Waals surface area contributed by atoms with Crippen LogP contribution in [0.1, 0.15) is 24.1 Å². The van der Waals surface area contributed by atoms with Gasteiger partial charge < -0.3 is 10.0 Å². The first-order valence-electron chi connectivity index (χ1n) is 6.48. The van der Waals surface area contributed by atoms with Crippen LogP contribution in [-0.2, 0) is 6.18 Å². The van der Waals surface area contributed by atoms with Gasteiger partial charge in [0.1, 0.15) is 5.69 Å². The molecule has 2 fully saturated rings. The number of amides is 1. The number of hydrogen-bond acceptors (Lipinski definition) is 2. The summed E-state index contributed by atoms with van der Waals surface area (Å²) in [6.07, 6.45) is -0.661. The molecule has 112 valence electrons. The maximum absolute atomic E-state index is 12.4. The summed E-state index contributed by atoms with van der Waals surface area (Å²) in [5, 5.41) is 8.79. The molecule has 1 aliphatic heterocycles. The summed E-state index contributed by atoms with van der Waals surface area (Å²) in [5.74, 6) is 0. The Morgan fingerprint density at radius 2 is 2.00 bits per heavy atom. The van der Waals surface area contributed by atoms with Gasteiger partial charge >= 0.3 is 12.3 Å². The van der Waals surface area contributed by atoms with Gasteiger partial charge in [-0.3, -0.25) is 4.98 Å². The summed E-state index contributed by atoms with van der Waals surface area (Å²) < 4.78 is 37.2. The van der Waals surface area contributed by atoms with E-state index in [1.807, 2.05) is 6.08 Å². The molecule has 0 radical (unpaired) electrons. The van der Waals surface area contributed by atoms with E-state index >= 15 is 0 Å². The average Bonchev–Trinajstić information content (AvgIpc) is 2.29. The van der Waals surface area contributed by atoms with Crippen molar-refractivity contribution in [2.45, 2.75) is 19.0 Å². The predicted octanol–water partition coefficient (Wildman–Crippen LogP) is 3.26. The standard InChI is InChI=1S/C14H13F3N2O2/c15-14(16,17)11-2-1-9(6-18-11)3-10-4-13(5-10)7-19(8-13)12(20)21/h1-3,6H,4-5,7-8H2,(H,20,21). The van der Waals surface area contributed by atoms with Crippen molar-refractivity contribution in [3.05, 3.63) is 35.2 Å². The molecule has 1 saturated carbocycles. The molecule has 4 nitrogen and oxygen atoms in total. The molecule has 0 bridgehead atoms. The quantitative estimate of drug-likeness (QED) is 0.866. The van der Waals surface area contributed by atoms with Gasteiger partial charge in [-0.1, -0.05) is 17.7 Å². The Balaban J connectivity index is 1.60. The zero-order valence-corrected chi connectivity index (χ0v) is 11.0. The van der Waals surface area contributed by atoms with E-state index in [1.165, 1.54) is 17.2 Å². The molecular weight excluding hydrogens is 285 g/mol. The minimum absolute atomic E-state index is 0.0591. The van der Waals surface area contributed by atoms with Crippen molar-refractivity contribution in [3.8, 4) is 0 Å². The fourth-order valence-electron chi connectivity index (χ4n) is 3.03. The van der Waals surface area contributed by atoms with Crippen molar-refractivity contribution < 1.29 is 23.1 Å². The number of nitrogens with zero attached hydrogens (tertiary/aromatic N) is 2. The smallest absolute Gasteiger partial charge is 0.433 e. The minimum atomic E-state index is -4.42. The highest BCUT2D eigenvalue weighted by molar-refractivity contribution is 5.67. The molecule has 1 aromatic heterocycles. The van der Waals surface area contributed by atoms with E-state index < -0.39 is 18.0 Å². The third-order valence-electron chi connectivity index (χ3n) is 3.97. The van der Waals surface area contributed by atoms with E-state index in [4.69, 9.17) is 5.11 Å². The Kier molecular flexibility index (Phi) is 2.96. The number of likely N-dealkylation sites (tertiary alicyclic amines) is 1. The second-order valence-corrected chi connectivity index (χ2v) is 5.77. The van der Waals surface area contributed by atoms with Crippen LogP contribution in [-0.4, -0.2) is 34.2 Å². The lowest BCUT2D eigenvalue weighted by Crippen LogP contribution is -2.61. The van der Waals surface area contributed by atoms with Crippen LogP contribution in [0.5, 0.6) is 0 Å². The Bertz CT molecular complexity index is 592. The van der Waals surface area contributed by atoms with Gasteiger partial charge in [-0.15, -0.1) is 0 Å². The number of aromatic nitrogens is 1. The zero-order chi connectivity index (χ0) is 15.3. The average molecular weight is 298 g/mol. The van der Waals surface area contributed by atoms with Crippen molar-refractivity contribution in [1.82, 2.24) is 9.88 Å². The highest BCUT2D eigenvalue weighted by atomic mass is 19.4. The highest BCUT2D eigenvalue weighted by Crippen LogP contribution is 2.52. The number of pyridine rings is 1. The third kappa shape index (κ3) is 2.59. The van der Waals surface area contributed by atoms with Crippen molar-refractivity contribution >= 4 is 12.2 Å². The molecule has 1 aromatic rings. The maximum atomic E-state index is 12.4. The largest absolute Gasteiger partial charge is 0.465 e. The summed E-state index contributed by atoms with van der Waals surface area (Å²) in [7, 11) is 0. The van der Waals surface area contributed by atoms with E-state index in [9.17, 15) is 18.0 Å². The minimum Gasteiger partial charge on any atom is -0.465 e. The zero-order valence-electron chi connectivity index (χ0n) is 11.0. The van der Waals surface area contributed by atoms with Gasteiger partial charge in [-0.05, 0) is 24.5 Å². The summed E-state index contributed by atoms with van der Waals surface area (Å²) >= 11 is 0. The summed E-state index contributed by atoms with van der Waals surface area (Å²) in [6, 6.07) is 2.37. The number of rotatable bonds is 1. The van der Waals surface area contributed by atoms with Crippen LogP contribution < -0.4 is 0 Å². The molecule has 1 N–H and O–H groups in total. The Labute approximate surface area is 118 Å². The van der Waals surface area contributed by atoms with Crippen molar-refractivity contribution in [2.24, 2.45) is 5.41 Å². The molecule has 7 heteroatoms. The van der Waals surface area contributed by atoms with Crippen LogP contribution in [0, 0.1) is 5.41 Å². The monoisotopic (exact) mass is 298 g/mol. The van der Waals surface area contributed by atoms with Gasteiger partial charge in [0, 0.05) is 24.7 Å². The topological polar surface area (TPSA) is 53.4 Å². The molecule has 0 atom stereocenters. The fraction of sp³-hybridized carbons (Fsp3) is 0.429. The molecule has 1 saturated heterocycles. The summed E-state index contributed by atoms with van der Waals surface area (Å²) in [5.41, 5.74) is 0.929. The van der Waals surface area contributed by atoms with Crippen molar-refractivity contribution in [3.63, 3.8) is 0 Å². The van der Waals surface area contributed by atoms with Crippen molar-refractivity contribution in [2.75, 3.05) is 13.1 Å². The Morgan fingerprint density at radius 3 is 2.48 bits per heavy atom. The van der Waals surface area contributed by atoms with Crippen LogP contribution in [0.4, 0.5) is 18.0 Å². The van der Waals surface area contributed by atoms with Crippen LogP contribution in [0.25, 0.3) is 6.08 Å². The van der Waals surface area contributed by atoms with E-state index in [2.05, 4.69) is 4.98 Å².